The maximum Gasteiger partial charge on any atom is 0.335 e. The summed E-state index contributed by atoms with van der Waals surface area (Å²) in [4.78, 5) is 10.8. The van der Waals surface area contributed by atoms with Crippen molar-refractivity contribution in [3.8, 4) is 11.5 Å². The lowest BCUT2D eigenvalue weighted by Gasteiger charge is -2.12. The van der Waals surface area contributed by atoms with Crippen LogP contribution >= 0.6 is 0 Å². The lowest BCUT2D eigenvalue weighted by molar-refractivity contribution is 0.0696. The number of carboxylic acids is 1. The fraction of sp³-hybridized carbons (Fsp3) is 0.462. The molecule has 0 saturated carbocycles. The zero-order chi connectivity index (χ0) is 12.7. The zero-order valence-corrected chi connectivity index (χ0v) is 10.2. The van der Waals surface area contributed by atoms with Gasteiger partial charge < -0.3 is 14.6 Å². The van der Waals surface area contributed by atoms with E-state index in [1.807, 2.05) is 6.92 Å². The third-order valence-electron chi connectivity index (χ3n) is 2.25. The molecule has 0 atom stereocenters. The van der Waals surface area contributed by atoms with Gasteiger partial charge in [-0.1, -0.05) is 13.3 Å². The van der Waals surface area contributed by atoms with Crippen LogP contribution in [0.1, 0.15) is 37.0 Å². The molecule has 0 aliphatic rings. The fourth-order valence-electron chi connectivity index (χ4n) is 1.36. The molecule has 0 bridgehead atoms. The highest BCUT2D eigenvalue weighted by atomic mass is 16.5. The molecule has 94 valence electrons. The molecule has 1 N–H and O–H groups in total. The van der Waals surface area contributed by atoms with Crippen molar-refractivity contribution in [2.24, 2.45) is 0 Å². The standard InChI is InChI=1S/C13H18O4/c1-3-5-8-17-11-7-6-10(13(14)15)9-12(11)16-4-2/h6-7,9H,3-5,8H2,1-2H3,(H,14,15). The second-order valence-corrected chi connectivity index (χ2v) is 3.60. The molecule has 0 spiro atoms. The lowest BCUT2D eigenvalue weighted by Crippen LogP contribution is -2.03. The first kappa shape index (κ1) is 13.4. The SMILES string of the molecule is CCCCOc1ccc(C(=O)O)cc1OCC. The summed E-state index contributed by atoms with van der Waals surface area (Å²) >= 11 is 0. The molecule has 4 heteroatoms. The van der Waals surface area contributed by atoms with Crippen molar-refractivity contribution in [1.82, 2.24) is 0 Å². The number of hydrogen-bond donors (Lipinski definition) is 1. The number of hydrogen-bond acceptors (Lipinski definition) is 3. The Labute approximate surface area is 101 Å². The topological polar surface area (TPSA) is 55.8 Å². The Hall–Kier alpha value is -1.71. The van der Waals surface area contributed by atoms with Crippen molar-refractivity contribution in [2.45, 2.75) is 26.7 Å². The smallest absolute Gasteiger partial charge is 0.335 e. The van der Waals surface area contributed by atoms with Crippen LogP contribution in [0.2, 0.25) is 0 Å². The number of rotatable bonds is 7. The van der Waals surface area contributed by atoms with Gasteiger partial charge >= 0.3 is 5.97 Å². The van der Waals surface area contributed by atoms with E-state index in [2.05, 4.69) is 6.92 Å². The summed E-state index contributed by atoms with van der Waals surface area (Å²) in [5.41, 5.74) is 0.205. The van der Waals surface area contributed by atoms with Crippen molar-refractivity contribution < 1.29 is 19.4 Å². The Morgan fingerprint density at radius 3 is 2.59 bits per heavy atom. The van der Waals surface area contributed by atoms with Gasteiger partial charge in [0.2, 0.25) is 0 Å². The van der Waals surface area contributed by atoms with Crippen molar-refractivity contribution in [3.63, 3.8) is 0 Å². The second kappa shape index (κ2) is 6.78. The summed E-state index contributed by atoms with van der Waals surface area (Å²) in [5, 5.41) is 8.89. The van der Waals surface area contributed by atoms with E-state index in [-0.39, 0.29) is 5.56 Å². The number of unbranched alkanes of at least 4 members (excludes halogenated alkanes) is 1. The molecule has 4 nitrogen and oxygen atoms in total. The molecule has 0 saturated heterocycles. The number of aromatic carboxylic acids is 1. The van der Waals surface area contributed by atoms with Gasteiger partial charge in [0.15, 0.2) is 11.5 Å². The van der Waals surface area contributed by atoms with Gasteiger partial charge in [0, 0.05) is 0 Å². The molecule has 1 rings (SSSR count). The van der Waals surface area contributed by atoms with Gasteiger partial charge in [-0.05, 0) is 31.5 Å². The van der Waals surface area contributed by atoms with Gasteiger partial charge in [-0.15, -0.1) is 0 Å². The molecule has 0 heterocycles. The summed E-state index contributed by atoms with van der Waals surface area (Å²) in [7, 11) is 0. The molecule has 17 heavy (non-hydrogen) atoms. The number of carboxylic acid groups (broad SMARTS) is 1. The Bertz CT molecular complexity index is 374. The molecular weight excluding hydrogens is 220 g/mol. The molecule has 1 aromatic rings. The number of carbonyl (C=O) groups is 1. The first-order valence-corrected chi connectivity index (χ1v) is 5.82. The van der Waals surface area contributed by atoms with E-state index in [0.717, 1.165) is 12.8 Å². The molecule has 0 aromatic heterocycles. The largest absolute Gasteiger partial charge is 0.490 e. The minimum Gasteiger partial charge on any atom is -0.490 e. The minimum atomic E-state index is -0.967. The van der Waals surface area contributed by atoms with Gasteiger partial charge in [-0.25, -0.2) is 4.79 Å². The van der Waals surface area contributed by atoms with Gasteiger partial charge in [0.25, 0.3) is 0 Å². The molecule has 0 aliphatic heterocycles. The van der Waals surface area contributed by atoms with Crippen molar-refractivity contribution in [1.29, 1.82) is 0 Å². The predicted octanol–water partition coefficient (Wildman–Crippen LogP) is 2.96. The third kappa shape index (κ3) is 3.98. The van der Waals surface area contributed by atoms with E-state index in [9.17, 15) is 4.79 Å². The Kier molecular flexibility index (Phi) is 5.33. The normalized spacial score (nSPS) is 10.0. The van der Waals surface area contributed by atoms with Crippen LogP contribution in [0.4, 0.5) is 0 Å². The summed E-state index contributed by atoms with van der Waals surface area (Å²) < 4.78 is 10.9. The average Bonchev–Trinajstić information content (AvgIpc) is 2.31. The highest BCUT2D eigenvalue weighted by Crippen LogP contribution is 2.28. The van der Waals surface area contributed by atoms with Crippen LogP contribution < -0.4 is 9.47 Å². The van der Waals surface area contributed by atoms with Crippen molar-refractivity contribution in [2.75, 3.05) is 13.2 Å². The Morgan fingerprint density at radius 2 is 2.00 bits per heavy atom. The van der Waals surface area contributed by atoms with Crippen LogP contribution in [0.3, 0.4) is 0 Å². The summed E-state index contributed by atoms with van der Waals surface area (Å²) in [6, 6.07) is 4.66. The minimum absolute atomic E-state index is 0.205. The molecule has 0 aliphatic carbocycles. The Balaban J connectivity index is 2.83. The summed E-state index contributed by atoms with van der Waals surface area (Å²) in [6.45, 7) is 5.03. The van der Waals surface area contributed by atoms with E-state index < -0.39 is 5.97 Å². The van der Waals surface area contributed by atoms with Crippen molar-refractivity contribution >= 4 is 5.97 Å². The quantitative estimate of drug-likeness (QED) is 0.742. The van der Waals surface area contributed by atoms with Gasteiger partial charge in [-0.3, -0.25) is 0 Å². The van der Waals surface area contributed by atoms with Crippen LogP contribution in [-0.4, -0.2) is 24.3 Å². The van der Waals surface area contributed by atoms with Crippen LogP contribution in [0.15, 0.2) is 18.2 Å². The highest BCUT2D eigenvalue weighted by molar-refractivity contribution is 5.88. The van der Waals surface area contributed by atoms with E-state index in [1.54, 1.807) is 6.07 Å². The van der Waals surface area contributed by atoms with Gasteiger partial charge in [-0.2, -0.15) is 0 Å². The maximum absolute atomic E-state index is 10.8. The average molecular weight is 238 g/mol. The third-order valence-corrected chi connectivity index (χ3v) is 2.25. The van der Waals surface area contributed by atoms with Crippen LogP contribution in [0, 0.1) is 0 Å². The van der Waals surface area contributed by atoms with E-state index >= 15 is 0 Å². The highest BCUT2D eigenvalue weighted by Gasteiger charge is 2.10. The van der Waals surface area contributed by atoms with E-state index in [0.29, 0.717) is 24.7 Å². The number of benzene rings is 1. The Morgan fingerprint density at radius 1 is 1.24 bits per heavy atom. The molecule has 1 aromatic carbocycles. The van der Waals surface area contributed by atoms with Gasteiger partial charge in [0.05, 0.1) is 18.8 Å². The predicted molar refractivity (Wildman–Crippen MR) is 65.0 cm³/mol. The number of ether oxygens (including phenoxy) is 2. The lowest BCUT2D eigenvalue weighted by atomic mass is 10.2. The second-order valence-electron chi connectivity index (χ2n) is 3.60. The summed E-state index contributed by atoms with van der Waals surface area (Å²) in [5.74, 6) is 0.125. The van der Waals surface area contributed by atoms with Gasteiger partial charge in [0.1, 0.15) is 0 Å². The first-order chi connectivity index (χ1) is 8.19. The van der Waals surface area contributed by atoms with Crippen LogP contribution in [0.5, 0.6) is 11.5 Å². The van der Waals surface area contributed by atoms with Crippen molar-refractivity contribution in [3.05, 3.63) is 23.8 Å². The van der Waals surface area contributed by atoms with Crippen LogP contribution in [0.25, 0.3) is 0 Å². The molecule has 0 amide bonds. The molecule has 0 fully saturated rings. The van der Waals surface area contributed by atoms with Crippen LogP contribution in [-0.2, 0) is 0 Å². The zero-order valence-electron chi connectivity index (χ0n) is 10.2. The monoisotopic (exact) mass is 238 g/mol. The maximum atomic E-state index is 10.8. The molecular formula is C13H18O4. The molecule has 0 radical (unpaired) electrons. The summed E-state index contributed by atoms with van der Waals surface area (Å²) in [6.07, 6.45) is 2.02. The first-order valence-electron chi connectivity index (χ1n) is 5.82. The van der Waals surface area contributed by atoms with E-state index in [1.165, 1.54) is 12.1 Å². The van der Waals surface area contributed by atoms with E-state index in [4.69, 9.17) is 14.6 Å². The fourth-order valence-corrected chi connectivity index (χ4v) is 1.36. The molecule has 0 unspecified atom stereocenters.